The summed E-state index contributed by atoms with van der Waals surface area (Å²) >= 11 is 0. The topological polar surface area (TPSA) is 29.1 Å². The standard InChI is InChI=1S/C20H29NO/c1-13(2)18-10-7-14(3)11-19(18)20(22)21-17-9-8-15-5-4-6-16(15)12-17/h8-9,12-14,18-19H,4-7,10-11H2,1-3H3,(H,21,22)/t14-,18+,19-/m1/s1. The summed E-state index contributed by atoms with van der Waals surface area (Å²) in [5.74, 6) is 2.21. The molecule has 0 aromatic heterocycles. The first kappa shape index (κ1) is 15.6. The molecule has 2 nitrogen and oxygen atoms in total. The second kappa shape index (κ2) is 6.44. The Balaban J connectivity index is 1.72. The molecule has 22 heavy (non-hydrogen) atoms. The average molecular weight is 299 g/mol. The minimum atomic E-state index is 0.178. The lowest BCUT2D eigenvalue weighted by Crippen LogP contribution is -2.36. The van der Waals surface area contributed by atoms with Crippen molar-refractivity contribution in [2.24, 2.45) is 23.7 Å². The van der Waals surface area contributed by atoms with E-state index in [1.165, 1.54) is 36.8 Å². The first-order chi connectivity index (χ1) is 10.5. The highest BCUT2D eigenvalue weighted by Gasteiger charge is 2.35. The minimum absolute atomic E-state index is 0.178. The Bertz CT molecular complexity index is 549. The highest BCUT2D eigenvalue weighted by atomic mass is 16.1. The molecular formula is C20H29NO. The van der Waals surface area contributed by atoms with Gasteiger partial charge in [-0.25, -0.2) is 0 Å². The molecule has 3 atom stereocenters. The number of carbonyl (C=O) groups is 1. The predicted octanol–water partition coefficient (Wildman–Crippen LogP) is 4.82. The number of carbonyl (C=O) groups excluding carboxylic acids is 1. The summed E-state index contributed by atoms with van der Waals surface area (Å²) in [7, 11) is 0. The van der Waals surface area contributed by atoms with Gasteiger partial charge in [-0.15, -0.1) is 0 Å². The van der Waals surface area contributed by atoms with Crippen LogP contribution in [0.3, 0.4) is 0 Å². The van der Waals surface area contributed by atoms with Crippen LogP contribution in [0.15, 0.2) is 18.2 Å². The Labute approximate surface area is 134 Å². The van der Waals surface area contributed by atoms with E-state index >= 15 is 0 Å². The van der Waals surface area contributed by atoms with Crippen molar-refractivity contribution in [2.45, 2.75) is 59.3 Å². The van der Waals surface area contributed by atoms with Gasteiger partial charge >= 0.3 is 0 Å². The molecule has 3 rings (SSSR count). The molecule has 1 aromatic rings. The van der Waals surface area contributed by atoms with E-state index in [-0.39, 0.29) is 11.8 Å². The number of anilines is 1. The molecule has 2 aliphatic rings. The molecule has 0 unspecified atom stereocenters. The summed E-state index contributed by atoms with van der Waals surface area (Å²) in [6.45, 7) is 6.80. The zero-order chi connectivity index (χ0) is 15.7. The predicted molar refractivity (Wildman–Crippen MR) is 91.9 cm³/mol. The Kier molecular flexibility index (Phi) is 4.56. The SMILES string of the molecule is CC(C)[C@@H]1CC[C@@H](C)C[C@H]1C(=O)Nc1ccc2c(c1)CCC2. The zero-order valence-corrected chi connectivity index (χ0v) is 14.2. The summed E-state index contributed by atoms with van der Waals surface area (Å²) in [5, 5.41) is 3.21. The molecule has 1 amide bonds. The third-order valence-electron chi connectivity index (χ3n) is 5.73. The minimum Gasteiger partial charge on any atom is -0.326 e. The number of rotatable bonds is 3. The van der Waals surface area contributed by atoms with Gasteiger partial charge in [0.15, 0.2) is 0 Å². The third-order valence-corrected chi connectivity index (χ3v) is 5.73. The number of hydrogen-bond acceptors (Lipinski definition) is 1. The molecule has 120 valence electrons. The van der Waals surface area contributed by atoms with E-state index in [1.54, 1.807) is 0 Å². The van der Waals surface area contributed by atoms with E-state index in [2.05, 4.69) is 44.3 Å². The molecular weight excluding hydrogens is 270 g/mol. The largest absolute Gasteiger partial charge is 0.326 e. The van der Waals surface area contributed by atoms with Crippen LogP contribution in [-0.2, 0) is 17.6 Å². The van der Waals surface area contributed by atoms with E-state index in [4.69, 9.17) is 0 Å². The highest BCUT2D eigenvalue weighted by Crippen LogP contribution is 2.38. The quantitative estimate of drug-likeness (QED) is 0.851. The number of aryl methyl sites for hydroxylation is 2. The number of hydrogen-bond donors (Lipinski definition) is 1. The molecule has 0 radical (unpaired) electrons. The van der Waals surface area contributed by atoms with Crippen molar-refractivity contribution in [1.82, 2.24) is 0 Å². The molecule has 2 heteroatoms. The molecule has 1 aromatic carbocycles. The van der Waals surface area contributed by atoms with Crippen molar-refractivity contribution in [3.63, 3.8) is 0 Å². The van der Waals surface area contributed by atoms with Gasteiger partial charge in [-0.05, 0) is 73.1 Å². The van der Waals surface area contributed by atoms with Crippen LogP contribution in [0.1, 0.15) is 57.6 Å². The van der Waals surface area contributed by atoms with Gasteiger partial charge in [0.2, 0.25) is 5.91 Å². The van der Waals surface area contributed by atoms with Crippen LogP contribution in [0.5, 0.6) is 0 Å². The first-order valence-electron chi connectivity index (χ1n) is 8.97. The van der Waals surface area contributed by atoms with Crippen molar-refractivity contribution in [3.8, 4) is 0 Å². The van der Waals surface area contributed by atoms with Crippen molar-refractivity contribution in [2.75, 3.05) is 5.32 Å². The molecule has 0 bridgehead atoms. The number of amides is 1. The fourth-order valence-electron chi connectivity index (χ4n) is 4.39. The van der Waals surface area contributed by atoms with Gasteiger partial charge in [-0.1, -0.05) is 33.3 Å². The van der Waals surface area contributed by atoms with Crippen molar-refractivity contribution in [3.05, 3.63) is 29.3 Å². The van der Waals surface area contributed by atoms with Crippen molar-refractivity contribution in [1.29, 1.82) is 0 Å². The Morgan fingerprint density at radius 3 is 2.73 bits per heavy atom. The van der Waals surface area contributed by atoms with E-state index in [0.29, 0.717) is 17.8 Å². The lowest BCUT2D eigenvalue weighted by molar-refractivity contribution is -0.123. The highest BCUT2D eigenvalue weighted by molar-refractivity contribution is 5.93. The molecule has 0 aliphatic heterocycles. The number of fused-ring (bicyclic) bond motifs is 1. The summed E-state index contributed by atoms with van der Waals surface area (Å²) in [4.78, 5) is 12.8. The van der Waals surface area contributed by atoms with E-state index in [1.807, 2.05) is 0 Å². The van der Waals surface area contributed by atoms with Crippen LogP contribution >= 0.6 is 0 Å². The van der Waals surface area contributed by atoms with Crippen molar-refractivity contribution < 1.29 is 4.79 Å². The summed E-state index contributed by atoms with van der Waals surface area (Å²) < 4.78 is 0. The summed E-state index contributed by atoms with van der Waals surface area (Å²) in [6, 6.07) is 6.47. The van der Waals surface area contributed by atoms with Crippen LogP contribution in [0.4, 0.5) is 5.69 Å². The molecule has 1 N–H and O–H groups in total. The average Bonchev–Trinajstić information content (AvgIpc) is 2.94. The van der Waals surface area contributed by atoms with Crippen LogP contribution in [0.2, 0.25) is 0 Å². The van der Waals surface area contributed by atoms with Gasteiger partial charge < -0.3 is 5.32 Å². The van der Waals surface area contributed by atoms with Gasteiger partial charge in [0.1, 0.15) is 0 Å². The molecule has 1 saturated carbocycles. The van der Waals surface area contributed by atoms with Gasteiger partial charge in [0.25, 0.3) is 0 Å². The smallest absolute Gasteiger partial charge is 0.227 e. The maximum Gasteiger partial charge on any atom is 0.227 e. The first-order valence-corrected chi connectivity index (χ1v) is 8.97. The van der Waals surface area contributed by atoms with E-state index in [0.717, 1.165) is 18.5 Å². The van der Waals surface area contributed by atoms with Gasteiger partial charge in [0.05, 0.1) is 0 Å². The van der Waals surface area contributed by atoms with Gasteiger partial charge in [0, 0.05) is 11.6 Å². The monoisotopic (exact) mass is 299 g/mol. The van der Waals surface area contributed by atoms with Crippen LogP contribution in [0.25, 0.3) is 0 Å². The van der Waals surface area contributed by atoms with Gasteiger partial charge in [-0.2, -0.15) is 0 Å². The lowest BCUT2D eigenvalue weighted by atomic mass is 9.70. The van der Waals surface area contributed by atoms with E-state index < -0.39 is 0 Å². The molecule has 2 aliphatic carbocycles. The molecule has 0 saturated heterocycles. The van der Waals surface area contributed by atoms with Crippen molar-refractivity contribution >= 4 is 11.6 Å². The number of nitrogens with one attached hydrogen (secondary N) is 1. The Hall–Kier alpha value is -1.31. The number of benzene rings is 1. The molecule has 0 spiro atoms. The van der Waals surface area contributed by atoms with Gasteiger partial charge in [-0.3, -0.25) is 4.79 Å². The normalized spacial score (nSPS) is 27.7. The summed E-state index contributed by atoms with van der Waals surface area (Å²) in [6.07, 6.45) is 7.11. The fourth-order valence-corrected chi connectivity index (χ4v) is 4.39. The maximum absolute atomic E-state index is 12.8. The Morgan fingerprint density at radius 1 is 1.18 bits per heavy atom. The van der Waals surface area contributed by atoms with E-state index in [9.17, 15) is 4.79 Å². The third kappa shape index (κ3) is 3.21. The van der Waals surface area contributed by atoms with Crippen LogP contribution in [0, 0.1) is 23.7 Å². The molecule has 1 fully saturated rings. The summed E-state index contributed by atoms with van der Waals surface area (Å²) in [5.41, 5.74) is 3.88. The lowest BCUT2D eigenvalue weighted by Gasteiger charge is -2.36. The second-order valence-electron chi connectivity index (χ2n) is 7.76. The Morgan fingerprint density at radius 2 is 1.95 bits per heavy atom. The second-order valence-corrected chi connectivity index (χ2v) is 7.76. The van der Waals surface area contributed by atoms with Crippen LogP contribution < -0.4 is 5.32 Å². The zero-order valence-electron chi connectivity index (χ0n) is 14.2. The van der Waals surface area contributed by atoms with Crippen LogP contribution in [-0.4, -0.2) is 5.91 Å². The fraction of sp³-hybridized carbons (Fsp3) is 0.650. The molecule has 0 heterocycles. The maximum atomic E-state index is 12.8.